The normalized spacial score (nSPS) is 46.1. The first kappa shape index (κ1) is 8.20. The Kier molecular flexibility index (Phi) is 2.15. The zero-order valence-electron chi connectivity index (χ0n) is 7.28. The predicted molar refractivity (Wildman–Crippen MR) is 46.7 cm³/mol. The summed E-state index contributed by atoms with van der Waals surface area (Å²) in [5.41, 5.74) is 5.65. The Labute approximate surface area is 72.9 Å². The van der Waals surface area contributed by atoms with Crippen LogP contribution in [0.2, 0.25) is 0 Å². The standard InChI is InChI=1S/C9H16N2O/c10-4-9-3-7-1-2-11(9)5-8(7)6-12/h6-9H,1-5,10H2/t7-,8+,9+/m0/s1. The van der Waals surface area contributed by atoms with Gasteiger partial charge in [0.1, 0.15) is 6.29 Å². The van der Waals surface area contributed by atoms with E-state index >= 15 is 0 Å². The van der Waals surface area contributed by atoms with E-state index < -0.39 is 0 Å². The van der Waals surface area contributed by atoms with Crippen molar-refractivity contribution in [3.05, 3.63) is 0 Å². The highest BCUT2D eigenvalue weighted by Crippen LogP contribution is 2.34. The van der Waals surface area contributed by atoms with Crippen molar-refractivity contribution >= 4 is 6.29 Å². The lowest BCUT2D eigenvalue weighted by molar-refractivity contribution is -0.118. The number of piperidine rings is 3. The van der Waals surface area contributed by atoms with Crippen molar-refractivity contribution in [2.24, 2.45) is 17.6 Å². The number of aldehydes is 1. The smallest absolute Gasteiger partial charge is 0.124 e. The second-order valence-corrected chi connectivity index (χ2v) is 3.97. The van der Waals surface area contributed by atoms with Crippen LogP contribution in [0.5, 0.6) is 0 Å². The van der Waals surface area contributed by atoms with Gasteiger partial charge in [-0.05, 0) is 25.3 Å². The van der Waals surface area contributed by atoms with Gasteiger partial charge in [-0.25, -0.2) is 0 Å². The minimum absolute atomic E-state index is 0.293. The van der Waals surface area contributed by atoms with E-state index in [1.54, 1.807) is 0 Å². The molecule has 0 radical (unpaired) electrons. The summed E-state index contributed by atoms with van der Waals surface area (Å²) in [7, 11) is 0. The molecule has 0 aromatic rings. The molecule has 0 saturated carbocycles. The monoisotopic (exact) mass is 168 g/mol. The van der Waals surface area contributed by atoms with Gasteiger partial charge in [0.2, 0.25) is 0 Å². The minimum Gasteiger partial charge on any atom is -0.329 e. The molecule has 3 heteroatoms. The summed E-state index contributed by atoms with van der Waals surface area (Å²) in [6, 6.07) is 0.556. The number of carbonyl (C=O) groups is 1. The molecule has 0 amide bonds. The van der Waals surface area contributed by atoms with Gasteiger partial charge in [0.15, 0.2) is 0 Å². The minimum atomic E-state index is 0.293. The van der Waals surface area contributed by atoms with Crippen LogP contribution in [-0.4, -0.2) is 36.9 Å². The number of nitrogens with two attached hydrogens (primary N) is 1. The molecule has 1 unspecified atom stereocenters. The lowest BCUT2D eigenvalue weighted by Gasteiger charge is -2.48. The fourth-order valence-corrected chi connectivity index (χ4v) is 2.58. The lowest BCUT2D eigenvalue weighted by Crippen LogP contribution is -2.56. The number of rotatable bonds is 2. The van der Waals surface area contributed by atoms with Crippen LogP contribution >= 0.6 is 0 Å². The van der Waals surface area contributed by atoms with Gasteiger partial charge in [0, 0.05) is 25.0 Å². The van der Waals surface area contributed by atoms with Crippen LogP contribution in [0.15, 0.2) is 0 Å². The molecule has 3 fully saturated rings. The van der Waals surface area contributed by atoms with Crippen LogP contribution in [0.3, 0.4) is 0 Å². The van der Waals surface area contributed by atoms with Crippen molar-refractivity contribution in [1.29, 1.82) is 0 Å². The number of carbonyl (C=O) groups excluding carboxylic acids is 1. The Balaban J connectivity index is 2.05. The van der Waals surface area contributed by atoms with Gasteiger partial charge in [-0.3, -0.25) is 4.90 Å². The molecule has 3 aliphatic heterocycles. The van der Waals surface area contributed by atoms with Crippen molar-refractivity contribution < 1.29 is 4.79 Å². The largest absolute Gasteiger partial charge is 0.329 e. The molecule has 0 aliphatic carbocycles. The van der Waals surface area contributed by atoms with E-state index in [2.05, 4.69) is 4.90 Å². The molecular formula is C9H16N2O. The van der Waals surface area contributed by atoms with E-state index in [0.29, 0.717) is 17.9 Å². The average molecular weight is 168 g/mol. The van der Waals surface area contributed by atoms with E-state index in [0.717, 1.165) is 32.3 Å². The van der Waals surface area contributed by atoms with Gasteiger partial charge in [-0.2, -0.15) is 0 Å². The van der Waals surface area contributed by atoms with Gasteiger partial charge in [-0.1, -0.05) is 0 Å². The molecule has 3 rings (SSSR count). The molecule has 4 atom stereocenters. The summed E-state index contributed by atoms with van der Waals surface area (Å²) in [5, 5.41) is 0. The zero-order valence-corrected chi connectivity index (χ0v) is 7.28. The lowest BCUT2D eigenvalue weighted by atomic mass is 9.76. The maximum absolute atomic E-state index is 10.7. The third-order valence-corrected chi connectivity index (χ3v) is 3.38. The quantitative estimate of drug-likeness (QED) is 0.583. The second-order valence-electron chi connectivity index (χ2n) is 3.97. The number of fused-ring (bicyclic) bond motifs is 3. The Morgan fingerprint density at radius 3 is 2.92 bits per heavy atom. The summed E-state index contributed by atoms with van der Waals surface area (Å²) in [6.45, 7) is 2.86. The van der Waals surface area contributed by atoms with Gasteiger partial charge < -0.3 is 10.5 Å². The molecule has 3 aliphatic rings. The Hall–Kier alpha value is -0.410. The summed E-state index contributed by atoms with van der Waals surface area (Å²) in [5.74, 6) is 0.919. The highest BCUT2D eigenvalue weighted by atomic mass is 16.1. The fourth-order valence-electron chi connectivity index (χ4n) is 2.58. The van der Waals surface area contributed by atoms with Gasteiger partial charge >= 0.3 is 0 Å². The molecule has 3 nitrogen and oxygen atoms in total. The van der Waals surface area contributed by atoms with E-state index in [-0.39, 0.29) is 0 Å². The third-order valence-electron chi connectivity index (χ3n) is 3.38. The van der Waals surface area contributed by atoms with Crippen LogP contribution in [-0.2, 0) is 4.79 Å². The molecule has 12 heavy (non-hydrogen) atoms. The van der Waals surface area contributed by atoms with E-state index in [9.17, 15) is 4.79 Å². The van der Waals surface area contributed by atoms with Gasteiger partial charge in [0.05, 0.1) is 0 Å². The third kappa shape index (κ3) is 1.17. The Morgan fingerprint density at radius 2 is 2.42 bits per heavy atom. The molecule has 3 heterocycles. The first-order chi connectivity index (χ1) is 5.85. The first-order valence-electron chi connectivity index (χ1n) is 4.74. The van der Waals surface area contributed by atoms with Crippen LogP contribution in [0.4, 0.5) is 0 Å². The average Bonchev–Trinajstić information content (AvgIpc) is 2.18. The fraction of sp³-hybridized carbons (Fsp3) is 0.889. The van der Waals surface area contributed by atoms with Gasteiger partial charge in [0.25, 0.3) is 0 Å². The molecule has 0 spiro atoms. The number of hydrogen-bond acceptors (Lipinski definition) is 3. The van der Waals surface area contributed by atoms with Crippen molar-refractivity contribution in [3.63, 3.8) is 0 Å². The molecule has 0 aromatic carbocycles. The van der Waals surface area contributed by atoms with Crippen molar-refractivity contribution in [2.75, 3.05) is 19.6 Å². The molecule has 3 saturated heterocycles. The summed E-state index contributed by atoms with van der Waals surface area (Å²) in [4.78, 5) is 13.1. The first-order valence-corrected chi connectivity index (χ1v) is 4.74. The van der Waals surface area contributed by atoms with Crippen LogP contribution < -0.4 is 5.73 Å². The highest BCUT2D eigenvalue weighted by Gasteiger charge is 2.38. The molecule has 2 bridgehead atoms. The number of hydrogen-bond donors (Lipinski definition) is 1. The predicted octanol–water partition coefficient (Wildman–Crippen LogP) is -0.146. The molecular weight excluding hydrogens is 152 g/mol. The van der Waals surface area contributed by atoms with Crippen molar-refractivity contribution in [2.45, 2.75) is 18.9 Å². The van der Waals surface area contributed by atoms with Crippen LogP contribution in [0.1, 0.15) is 12.8 Å². The highest BCUT2D eigenvalue weighted by molar-refractivity contribution is 5.55. The van der Waals surface area contributed by atoms with Crippen LogP contribution in [0.25, 0.3) is 0 Å². The van der Waals surface area contributed by atoms with Gasteiger partial charge in [-0.15, -0.1) is 0 Å². The maximum atomic E-state index is 10.7. The molecule has 68 valence electrons. The van der Waals surface area contributed by atoms with E-state index in [1.165, 1.54) is 6.42 Å². The Bertz CT molecular complexity index is 183. The SMILES string of the molecule is NC[C@H]1C[C@@H]2CCN1C[C@@H]2C=O. The maximum Gasteiger partial charge on any atom is 0.124 e. The second kappa shape index (κ2) is 3.15. The van der Waals surface area contributed by atoms with Crippen molar-refractivity contribution in [3.8, 4) is 0 Å². The zero-order chi connectivity index (χ0) is 8.55. The summed E-state index contributed by atoms with van der Waals surface area (Å²) in [6.07, 6.45) is 3.46. The van der Waals surface area contributed by atoms with Crippen LogP contribution in [0, 0.1) is 11.8 Å². The number of nitrogens with zero attached hydrogens (tertiary/aromatic N) is 1. The van der Waals surface area contributed by atoms with E-state index in [4.69, 9.17) is 5.73 Å². The Morgan fingerprint density at radius 1 is 1.58 bits per heavy atom. The summed E-state index contributed by atoms with van der Waals surface area (Å²) >= 11 is 0. The molecule has 0 aromatic heterocycles. The topological polar surface area (TPSA) is 46.3 Å². The molecule has 2 N–H and O–H groups in total. The van der Waals surface area contributed by atoms with E-state index in [1.807, 2.05) is 0 Å². The van der Waals surface area contributed by atoms with Crippen molar-refractivity contribution in [1.82, 2.24) is 4.90 Å². The summed E-state index contributed by atoms with van der Waals surface area (Å²) < 4.78 is 0.